The Bertz CT molecular complexity index is 865. The molecule has 0 bridgehead atoms. The van der Waals surface area contributed by atoms with Crippen molar-refractivity contribution in [1.82, 2.24) is 5.32 Å². The number of rotatable bonds is 8. The Balaban J connectivity index is 3.23. The minimum Gasteiger partial charge on any atom is -0.480 e. The Morgan fingerprint density at radius 3 is 1.67 bits per heavy atom. The van der Waals surface area contributed by atoms with E-state index in [1.807, 2.05) is 5.32 Å². The van der Waals surface area contributed by atoms with Crippen molar-refractivity contribution in [2.45, 2.75) is 31.7 Å². The van der Waals surface area contributed by atoms with Gasteiger partial charge in [-0.1, -0.05) is 6.92 Å². The van der Waals surface area contributed by atoms with Gasteiger partial charge < -0.3 is 19.9 Å². The van der Waals surface area contributed by atoms with Gasteiger partial charge in [-0.25, -0.2) is 4.79 Å². The number of amides is 1. The maximum absolute atomic E-state index is 13.0. The number of carbonyl (C=O) groups excluding carboxylic acids is 3. The van der Waals surface area contributed by atoms with Crippen LogP contribution in [0.25, 0.3) is 0 Å². The minimum atomic E-state index is -5.14. The lowest BCUT2D eigenvalue weighted by Gasteiger charge is -2.26. The van der Waals surface area contributed by atoms with E-state index in [-0.39, 0.29) is 6.07 Å². The molecular weight excluding hydrogens is 468 g/mol. The summed E-state index contributed by atoms with van der Waals surface area (Å²) in [5.41, 5.74) is -4.00. The van der Waals surface area contributed by atoms with E-state index in [1.165, 1.54) is 0 Å². The molecule has 33 heavy (non-hydrogen) atoms. The Labute approximate surface area is 182 Å². The third-order valence-corrected chi connectivity index (χ3v) is 4.56. The number of hydrogen-bond acceptors (Lipinski definition) is 6. The summed E-state index contributed by atoms with van der Waals surface area (Å²) in [6.45, 7) is 1.09. The number of esters is 2. The van der Waals surface area contributed by atoms with Crippen LogP contribution in [0.3, 0.4) is 0 Å². The fraction of sp³-hybridized carbons (Fsp3) is 0.474. The maximum atomic E-state index is 13.0. The monoisotopic (exact) mass is 487 g/mol. The number of carbonyl (C=O) groups is 4. The van der Waals surface area contributed by atoms with E-state index < -0.39 is 77.2 Å². The number of alkyl halides is 6. The highest BCUT2D eigenvalue weighted by Crippen LogP contribution is 2.36. The van der Waals surface area contributed by atoms with Gasteiger partial charge >= 0.3 is 30.3 Å². The smallest absolute Gasteiger partial charge is 0.416 e. The van der Waals surface area contributed by atoms with Crippen molar-refractivity contribution in [3.63, 3.8) is 0 Å². The molecule has 8 nitrogen and oxygen atoms in total. The second-order valence-electron chi connectivity index (χ2n) is 6.86. The molecule has 0 aliphatic heterocycles. The van der Waals surface area contributed by atoms with Gasteiger partial charge in [-0.05, 0) is 23.8 Å². The van der Waals surface area contributed by atoms with E-state index in [0.717, 1.165) is 21.1 Å². The highest BCUT2D eigenvalue weighted by Gasteiger charge is 2.42. The zero-order valence-electron chi connectivity index (χ0n) is 17.3. The van der Waals surface area contributed by atoms with Crippen molar-refractivity contribution >= 4 is 23.8 Å². The first-order chi connectivity index (χ1) is 15.0. The van der Waals surface area contributed by atoms with Gasteiger partial charge in [0, 0.05) is 5.92 Å². The lowest BCUT2D eigenvalue weighted by molar-refractivity contribution is -0.163. The zero-order valence-corrected chi connectivity index (χ0v) is 17.3. The Hall–Kier alpha value is -3.32. The molecule has 0 radical (unpaired) electrons. The summed E-state index contributed by atoms with van der Waals surface area (Å²) in [5, 5.41) is 11.3. The number of aliphatic carboxylic acids is 1. The van der Waals surface area contributed by atoms with Crippen LogP contribution < -0.4 is 5.32 Å². The number of nitrogens with one attached hydrogen (secondary N) is 1. The Morgan fingerprint density at radius 1 is 0.909 bits per heavy atom. The minimum absolute atomic E-state index is 0.124. The quantitative estimate of drug-likeness (QED) is 0.329. The second-order valence-corrected chi connectivity index (χ2v) is 6.86. The van der Waals surface area contributed by atoms with Crippen LogP contribution >= 0.6 is 0 Å². The van der Waals surface area contributed by atoms with Crippen molar-refractivity contribution in [2.24, 2.45) is 11.8 Å². The van der Waals surface area contributed by atoms with E-state index in [0.29, 0.717) is 12.1 Å². The highest BCUT2D eigenvalue weighted by atomic mass is 19.4. The standard InChI is InChI=1S/C19H19F6NO7/c1-8(13(16(30)32-2)17(31)33-3)14(15(28)29)26-12(27)6-9-4-10(18(20,21)22)7-11(5-9)19(23,24)25/h4-5,7-8,13-14H,6H2,1-3H3,(H,26,27)(H,28,29)/t8-,14-/m0/s1. The largest absolute Gasteiger partial charge is 0.480 e. The molecule has 0 spiro atoms. The fourth-order valence-corrected chi connectivity index (χ4v) is 2.92. The zero-order chi connectivity index (χ0) is 25.7. The molecule has 2 atom stereocenters. The van der Waals surface area contributed by atoms with Crippen molar-refractivity contribution in [2.75, 3.05) is 14.2 Å². The number of benzene rings is 1. The average Bonchev–Trinajstić information content (AvgIpc) is 2.69. The summed E-state index contributed by atoms with van der Waals surface area (Å²) in [4.78, 5) is 47.7. The normalized spacial score (nSPS) is 13.8. The SMILES string of the molecule is COC(=O)C(C(=O)OC)[C@H](C)[C@H](NC(=O)Cc1cc(C(F)(F)F)cc(C(F)(F)F)c1)C(=O)O. The number of methoxy groups -OCH3 is 2. The van der Waals surface area contributed by atoms with Crippen molar-refractivity contribution in [3.8, 4) is 0 Å². The van der Waals surface area contributed by atoms with Crippen LogP contribution in [0.2, 0.25) is 0 Å². The average molecular weight is 487 g/mol. The number of hydrogen-bond donors (Lipinski definition) is 2. The number of ether oxygens (including phenoxy) is 2. The van der Waals surface area contributed by atoms with Gasteiger partial charge in [-0.15, -0.1) is 0 Å². The van der Waals surface area contributed by atoms with Gasteiger partial charge in [0.2, 0.25) is 5.91 Å². The molecule has 0 saturated heterocycles. The molecule has 0 saturated carbocycles. The molecule has 1 amide bonds. The molecule has 2 N–H and O–H groups in total. The summed E-state index contributed by atoms with van der Waals surface area (Å²) in [6, 6.07) is -1.42. The van der Waals surface area contributed by atoms with Crippen molar-refractivity contribution in [3.05, 3.63) is 34.9 Å². The summed E-state index contributed by atoms with van der Waals surface area (Å²) in [5.74, 6) is -8.60. The summed E-state index contributed by atoms with van der Waals surface area (Å²) < 4.78 is 86.7. The lowest BCUT2D eigenvalue weighted by Crippen LogP contribution is -2.50. The van der Waals surface area contributed by atoms with Crippen LogP contribution in [0.15, 0.2) is 18.2 Å². The first kappa shape index (κ1) is 27.7. The van der Waals surface area contributed by atoms with E-state index in [2.05, 4.69) is 9.47 Å². The highest BCUT2D eigenvalue weighted by molar-refractivity contribution is 5.96. The molecule has 0 heterocycles. The Kier molecular flexibility index (Phi) is 8.84. The van der Waals surface area contributed by atoms with Gasteiger partial charge in [0.1, 0.15) is 6.04 Å². The van der Waals surface area contributed by atoms with Gasteiger partial charge in [0.05, 0.1) is 31.8 Å². The van der Waals surface area contributed by atoms with Crippen LogP contribution in [0, 0.1) is 11.8 Å². The number of halogens is 6. The maximum Gasteiger partial charge on any atom is 0.416 e. The summed E-state index contributed by atoms with van der Waals surface area (Å²) in [6.07, 6.45) is -11.3. The van der Waals surface area contributed by atoms with Crippen LogP contribution in [0.4, 0.5) is 26.3 Å². The molecule has 0 unspecified atom stereocenters. The molecule has 14 heteroatoms. The number of carboxylic acid groups (broad SMARTS) is 1. The van der Waals surface area contributed by atoms with Crippen molar-refractivity contribution in [1.29, 1.82) is 0 Å². The topological polar surface area (TPSA) is 119 Å². The van der Waals surface area contributed by atoms with Gasteiger partial charge in [0.15, 0.2) is 5.92 Å². The molecule has 1 aromatic carbocycles. The van der Waals surface area contributed by atoms with E-state index in [4.69, 9.17) is 0 Å². The van der Waals surface area contributed by atoms with Crippen LogP contribution in [0.5, 0.6) is 0 Å². The predicted octanol–water partition coefficient (Wildman–Crippen LogP) is 2.43. The third kappa shape index (κ3) is 7.36. The number of carboxylic acids is 1. The molecule has 0 aliphatic carbocycles. The molecule has 184 valence electrons. The van der Waals surface area contributed by atoms with Crippen LogP contribution in [-0.2, 0) is 47.4 Å². The first-order valence-corrected chi connectivity index (χ1v) is 8.99. The van der Waals surface area contributed by atoms with E-state index >= 15 is 0 Å². The summed E-state index contributed by atoms with van der Waals surface area (Å²) >= 11 is 0. The predicted molar refractivity (Wildman–Crippen MR) is 96.4 cm³/mol. The van der Waals surface area contributed by atoms with E-state index in [1.54, 1.807) is 0 Å². The third-order valence-electron chi connectivity index (χ3n) is 4.56. The molecule has 1 rings (SSSR count). The van der Waals surface area contributed by atoms with Crippen molar-refractivity contribution < 1.29 is 60.1 Å². The van der Waals surface area contributed by atoms with E-state index in [9.17, 15) is 50.6 Å². The molecule has 1 aromatic rings. The van der Waals surface area contributed by atoms with Gasteiger partial charge in [-0.2, -0.15) is 26.3 Å². The molecule has 0 aliphatic rings. The molecular formula is C19H19F6NO7. The van der Waals surface area contributed by atoms with Crippen LogP contribution in [-0.4, -0.2) is 49.2 Å². The van der Waals surface area contributed by atoms with Crippen LogP contribution in [0.1, 0.15) is 23.6 Å². The van der Waals surface area contributed by atoms with Gasteiger partial charge in [-0.3, -0.25) is 14.4 Å². The fourth-order valence-electron chi connectivity index (χ4n) is 2.92. The molecule has 0 fully saturated rings. The van der Waals surface area contributed by atoms with Gasteiger partial charge in [0.25, 0.3) is 0 Å². The molecule has 0 aromatic heterocycles. The summed E-state index contributed by atoms with van der Waals surface area (Å²) in [7, 11) is 1.82. The first-order valence-electron chi connectivity index (χ1n) is 8.99. The Morgan fingerprint density at radius 2 is 1.33 bits per heavy atom. The second kappa shape index (κ2) is 10.5. The lowest BCUT2D eigenvalue weighted by atomic mass is 9.87.